The Balaban J connectivity index is 1.74. The number of halogens is 3. The third-order valence-corrected chi connectivity index (χ3v) is 3.61. The van der Waals surface area contributed by atoms with Gasteiger partial charge in [0, 0.05) is 31.5 Å². The van der Waals surface area contributed by atoms with Gasteiger partial charge in [-0.3, -0.25) is 4.79 Å². The van der Waals surface area contributed by atoms with Crippen LogP contribution in [0.4, 0.5) is 24.5 Å². The van der Waals surface area contributed by atoms with E-state index in [0.717, 1.165) is 17.8 Å². The average Bonchev–Trinajstić information content (AvgIpc) is 2.60. The van der Waals surface area contributed by atoms with Gasteiger partial charge >= 0.3 is 6.18 Å². The van der Waals surface area contributed by atoms with Crippen molar-refractivity contribution in [3.63, 3.8) is 0 Å². The monoisotopic (exact) mass is 351 g/mol. The van der Waals surface area contributed by atoms with Crippen molar-refractivity contribution in [3.05, 3.63) is 60.2 Å². The summed E-state index contributed by atoms with van der Waals surface area (Å²) in [6.45, 7) is 0.976. The van der Waals surface area contributed by atoms with Crippen molar-refractivity contribution in [2.75, 3.05) is 36.9 Å². The highest BCUT2D eigenvalue weighted by molar-refractivity contribution is 5.80. The number of para-hydroxylation sites is 1. The Bertz CT molecular complexity index is 689. The van der Waals surface area contributed by atoms with E-state index in [0.29, 0.717) is 13.1 Å². The Morgan fingerprint density at radius 3 is 2.48 bits per heavy atom. The van der Waals surface area contributed by atoms with Crippen molar-refractivity contribution in [3.8, 4) is 0 Å². The molecular formula is C18H20F3N3O. The van der Waals surface area contributed by atoms with E-state index < -0.39 is 11.7 Å². The first kappa shape index (κ1) is 18.6. The average molecular weight is 351 g/mol. The topological polar surface area (TPSA) is 44.4 Å². The predicted molar refractivity (Wildman–Crippen MR) is 92.7 cm³/mol. The molecule has 134 valence electrons. The van der Waals surface area contributed by atoms with Gasteiger partial charge in [-0.15, -0.1) is 0 Å². The summed E-state index contributed by atoms with van der Waals surface area (Å²) in [7, 11) is 1.92. The Morgan fingerprint density at radius 2 is 1.80 bits per heavy atom. The van der Waals surface area contributed by atoms with Gasteiger partial charge in [0.1, 0.15) is 0 Å². The fourth-order valence-electron chi connectivity index (χ4n) is 2.22. The molecule has 2 aromatic carbocycles. The fourth-order valence-corrected chi connectivity index (χ4v) is 2.22. The molecule has 0 aromatic heterocycles. The van der Waals surface area contributed by atoms with E-state index in [1.165, 1.54) is 12.1 Å². The molecule has 0 atom stereocenters. The molecule has 0 heterocycles. The molecule has 0 saturated heterocycles. The molecule has 0 aliphatic rings. The van der Waals surface area contributed by atoms with Gasteiger partial charge in [-0.05, 0) is 30.3 Å². The second kappa shape index (κ2) is 8.41. The number of rotatable bonds is 7. The molecule has 1 amide bonds. The quantitative estimate of drug-likeness (QED) is 0.804. The lowest BCUT2D eigenvalue weighted by molar-refractivity contribution is -0.137. The lowest BCUT2D eigenvalue weighted by Crippen LogP contribution is -2.36. The van der Waals surface area contributed by atoms with E-state index in [-0.39, 0.29) is 18.1 Å². The Labute approximate surface area is 144 Å². The second-order valence-corrected chi connectivity index (χ2v) is 5.54. The molecule has 2 N–H and O–H groups in total. The summed E-state index contributed by atoms with van der Waals surface area (Å²) >= 11 is 0. The SMILES string of the molecule is CN(CCNC(=O)CNc1cccc(C(F)(F)F)c1)c1ccccc1. The summed E-state index contributed by atoms with van der Waals surface area (Å²) in [6, 6.07) is 14.5. The zero-order valence-electron chi connectivity index (χ0n) is 13.8. The fraction of sp³-hybridized carbons (Fsp3) is 0.278. The highest BCUT2D eigenvalue weighted by Crippen LogP contribution is 2.30. The highest BCUT2D eigenvalue weighted by atomic mass is 19.4. The molecule has 7 heteroatoms. The molecule has 0 unspecified atom stereocenters. The maximum atomic E-state index is 12.6. The maximum Gasteiger partial charge on any atom is 0.416 e. The van der Waals surface area contributed by atoms with Gasteiger partial charge in [0.25, 0.3) is 0 Å². The molecule has 0 saturated carbocycles. The number of amides is 1. The zero-order valence-corrected chi connectivity index (χ0v) is 13.8. The number of anilines is 2. The minimum atomic E-state index is -4.40. The van der Waals surface area contributed by atoms with Gasteiger partial charge in [-0.25, -0.2) is 0 Å². The van der Waals surface area contributed by atoms with Gasteiger partial charge in [-0.2, -0.15) is 13.2 Å². The first-order chi connectivity index (χ1) is 11.9. The lowest BCUT2D eigenvalue weighted by Gasteiger charge is -2.19. The minimum Gasteiger partial charge on any atom is -0.376 e. The van der Waals surface area contributed by atoms with Crippen LogP contribution in [0.1, 0.15) is 5.56 Å². The normalized spacial score (nSPS) is 11.0. The van der Waals surface area contributed by atoms with Crippen LogP contribution < -0.4 is 15.5 Å². The standard InChI is InChI=1S/C18H20F3N3O/c1-24(16-8-3-2-4-9-16)11-10-22-17(25)13-23-15-7-5-6-14(12-15)18(19,20)21/h2-9,12,23H,10-11,13H2,1H3,(H,22,25). The molecule has 0 fully saturated rings. The van der Waals surface area contributed by atoms with E-state index in [1.54, 1.807) is 0 Å². The van der Waals surface area contributed by atoms with Crippen molar-refractivity contribution in [1.29, 1.82) is 0 Å². The van der Waals surface area contributed by atoms with Crippen LogP contribution in [0, 0.1) is 0 Å². The molecule has 2 aromatic rings. The second-order valence-electron chi connectivity index (χ2n) is 5.54. The molecule has 2 rings (SSSR count). The zero-order chi connectivity index (χ0) is 18.3. The molecule has 0 aliphatic carbocycles. The first-order valence-electron chi connectivity index (χ1n) is 7.80. The number of carbonyl (C=O) groups excluding carboxylic acids is 1. The number of nitrogens with one attached hydrogen (secondary N) is 2. The summed E-state index contributed by atoms with van der Waals surface area (Å²) in [5.74, 6) is -0.279. The van der Waals surface area contributed by atoms with Crippen LogP contribution in [-0.2, 0) is 11.0 Å². The number of hydrogen-bond acceptors (Lipinski definition) is 3. The van der Waals surface area contributed by atoms with Crippen LogP contribution in [0.5, 0.6) is 0 Å². The highest BCUT2D eigenvalue weighted by Gasteiger charge is 2.30. The molecule has 0 radical (unpaired) electrons. The summed E-state index contributed by atoms with van der Waals surface area (Å²) in [5, 5.41) is 5.43. The van der Waals surface area contributed by atoms with Gasteiger partial charge < -0.3 is 15.5 Å². The Kier molecular flexibility index (Phi) is 6.27. The number of alkyl halides is 3. The van der Waals surface area contributed by atoms with Gasteiger partial charge in [0.2, 0.25) is 5.91 Å². The van der Waals surface area contributed by atoms with Crippen molar-refractivity contribution in [1.82, 2.24) is 5.32 Å². The van der Waals surface area contributed by atoms with Crippen LogP contribution in [0.25, 0.3) is 0 Å². The van der Waals surface area contributed by atoms with Crippen LogP contribution in [0.2, 0.25) is 0 Å². The van der Waals surface area contributed by atoms with Gasteiger partial charge in [0.05, 0.1) is 12.1 Å². The summed E-state index contributed by atoms with van der Waals surface area (Å²) in [4.78, 5) is 13.8. The number of benzene rings is 2. The van der Waals surface area contributed by atoms with Crippen molar-refractivity contribution in [2.45, 2.75) is 6.18 Å². The Morgan fingerprint density at radius 1 is 1.08 bits per heavy atom. The largest absolute Gasteiger partial charge is 0.416 e. The third-order valence-electron chi connectivity index (χ3n) is 3.61. The predicted octanol–water partition coefficient (Wildman–Crippen LogP) is 3.37. The van der Waals surface area contributed by atoms with E-state index in [4.69, 9.17) is 0 Å². The molecule has 4 nitrogen and oxygen atoms in total. The summed E-state index contributed by atoms with van der Waals surface area (Å²) in [6.07, 6.45) is -4.40. The van der Waals surface area contributed by atoms with Crippen LogP contribution in [0.3, 0.4) is 0 Å². The Hall–Kier alpha value is -2.70. The van der Waals surface area contributed by atoms with E-state index in [9.17, 15) is 18.0 Å². The molecule has 0 bridgehead atoms. The van der Waals surface area contributed by atoms with E-state index in [2.05, 4.69) is 10.6 Å². The number of likely N-dealkylation sites (N-methyl/N-ethyl adjacent to an activating group) is 1. The van der Waals surface area contributed by atoms with Gasteiger partial charge in [-0.1, -0.05) is 24.3 Å². The smallest absolute Gasteiger partial charge is 0.376 e. The number of hydrogen-bond donors (Lipinski definition) is 2. The van der Waals surface area contributed by atoms with Crippen molar-refractivity contribution >= 4 is 17.3 Å². The molecule has 0 spiro atoms. The van der Waals surface area contributed by atoms with Crippen molar-refractivity contribution in [2.24, 2.45) is 0 Å². The summed E-state index contributed by atoms with van der Waals surface area (Å²) < 4.78 is 37.9. The summed E-state index contributed by atoms with van der Waals surface area (Å²) in [5.41, 5.74) is 0.549. The van der Waals surface area contributed by atoms with Crippen molar-refractivity contribution < 1.29 is 18.0 Å². The number of nitrogens with zero attached hydrogens (tertiary/aromatic N) is 1. The third kappa shape index (κ3) is 6.02. The van der Waals surface area contributed by atoms with Gasteiger partial charge in [0.15, 0.2) is 0 Å². The molecule has 0 aliphatic heterocycles. The lowest BCUT2D eigenvalue weighted by atomic mass is 10.2. The van der Waals surface area contributed by atoms with Crippen LogP contribution >= 0.6 is 0 Å². The first-order valence-corrected chi connectivity index (χ1v) is 7.80. The molecular weight excluding hydrogens is 331 g/mol. The van der Waals surface area contributed by atoms with Crippen LogP contribution in [-0.4, -0.2) is 32.6 Å². The van der Waals surface area contributed by atoms with E-state index >= 15 is 0 Å². The minimum absolute atomic E-state index is 0.0869. The number of carbonyl (C=O) groups is 1. The van der Waals surface area contributed by atoms with E-state index in [1.807, 2.05) is 42.3 Å². The maximum absolute atomic E-state index is 12.6. The molecule has 25 heavy (non-hydrogen) atoms. The van der Waals surface area contributed by atoms with Crippen LogP contribution in [0.15, 0.2) is 54.6 Å².